The molecule has 0 radical (unpaired) electrons. The van der Waals surface area contributed by atoms with Crippen molar-refractivity contribution >= 4 is 23.5 Å². The van der Waals surface area contributed by atoms with Gasteiger partial charge in [-0.2, -0.15) is 0 Å². The third-order valence-electron chi connectivity index (χ3n) is 3.82. The van der Waals surface area contributed by atoms with Crippen LogP contribution < -0.4 is 10.1 Å². The maximum atomic E-state index is 11.7. The van der Waals surface area contributed by atoms with Crippen LogP contribution in [0.15, 0.2) is 42.5 Å². The first-order chi connectivity index (χ1) is 12.5. The van der Waals surface area contributed by atoms with Crippen LogP contribution in [0.1, 0.15) is 16.7 Å². The van der Waals surface area contributed by atoms with Gasteiger partial charge in [-0.1, -0.05) is 35.9 Å². The molecule has 26 heavy (non-hydrogen) atoms. The molecule has 0 spiro atoms. The molecule has 6 heteroatoms. The number of hydrogen-bond acceptors (Lipinski definition) is 4. The number of amides is 1. The normalized spacial score (nSPS) is 10.3. The highest BCUT2D eigenvalue weighted by Gasteiger charge is 2.09. The minimum Gasteiger partial charge on any atom is -0.482 e. The van der Waals surface area contributed by atoms with Gasteiger partial charge in [-0.3, -0.25) is 4.79 Å². The van der Waals surface area contributed by atoms with Crippen LogP contribution in [-0.4, -0.2) is 31.6 Å². The van der Waals surface area contributed by atoms with Crippen LogP contribution in [0.5, 0.6) is 5.75 Å². The van der Waals surface area contributed by atoms with Gasteiger partial charge >= 0.3 is 5.97 Å². The van der Waals surface area contributed by atoms with Crippen molar-refractivity contribution in [3.05, 3.63) is 64.2 Å². The molecule has 0 aliphatic carbocycles. The average molecular weight is 376 g/mol. The number of hydrogen-bond donors (Lipinski definition) is 1. The number of nitrogens with one attached hydrogen (secondary N) is 1. The van der Waals surface area contributed by atoms with E-state index in [4.69, 9.17) is 21.1 Å². The minimum atomic E-state index is -0.603. The molecule has 0 saturated heterocycles. The van der Waals surface area contributed by atoms with Gasteiger partial charge in [-0.05, 0) is 55.2 Å². The summed E-state index contributed by atoms with van der Waals surface area (Å²) in [5.41, 5.74) is 3.18. The van der Waals surface area contributed by atoms with Crippen molar-refractivity contribution in [3.63, 3.8) is 0 Å². The van der Waals surface area contributed by atoms with E-state index in [1.165, 1.54) is 11.1 Å². The molecule has 0 atom stereocenters. The van der Waals surface area contributed by atoms with E-state index in [0.717, 1.165) is 12.0 Å². The summed E-state index contributed by atoms with van der Waals surface area (Å²) in [6.45, 7) is 3.76. The Labute approximate surface area is 158 Å². The van der Waals surface area contributed by atoms with Gasteiger partial charge in [0.05, 0.1) is 0 Å². The van der Waals surface area contributed by atoms with Gasteiger partial charge in [0, 0.05) is 11.6 Å². The molecule has 0 heterocycles. The lowest BCUT2D eigenvalue weighted by Crippen LogP contribution is -2.31. The molecule has 1 N–H and O–H groups in total. The molecular weight excluding hydrogens is 354 g/mol. The van der Waals surface area contributed by atoms with Gasteiger partial charge in [0.25, 0.3) is 5.91 Å². The van der Waals surface area contributed by atoms with E-state index in [1.54, 1.807) is 18.2 Å². The number of benzene rings is 2. The van der Waals surface area contributed by atoms with Crippen LogP contribution in [0.3, 0.4) is 0 Å². The number of aryl methyl sites for hydroxylation is 2. The van der Waals surface area contributed by atoms with E-state index in [9.17, 15) is 9.59 Å². The van der Waals surface area contributed by atoms with Crippen LogP contribution in [0.25, 0.3) is 0 Å². The number of carbonyl (C=O) groups excluding carboxylic acids is 2. The highest BCUT2D eigenvalue weighted by atomic mass is 35.5. The molecule has 5 nitrogen and oxygen atoms in total. The number of esters is 1. The fourth-order valence-corrected chi connectivity index (χ4v) is 2.60. The Kier molecular flexibility index (Phi) is 7.48. The van der Waals surface area contributed by atoms with Crippen LogP contribution in [-0.2, 0) is 20.7 Å². The second kappa shape index (κ2) is 9.82. The summed E-state index contributed by atoms with van der Waals surface area (Å²) in [6, 6.07) is 13.1. The fraction of sp³-hybridized carbons (Fsp3) is 0.300. The largest absolute Gasteiger partial charge is 0.482 e. The summed E-state index contributed by atoms with van der Waals surface area (Å²) in [6.07, 6.45) is 0.727. The predicted molar refractivity (Wildman–Crippen MR) is 101 cm³/mol. The molecule has 0 unspecified atom stereocenters. The van der Waals surface area contributed by atoms with Crippen molar-refractivity contribution in [2.75, 3.05) is 19.8 Å². The Bertz CT molecular complexity index is 776. The Morgan fingerprint density at radius 2 is 1.81 bits per heavy atom. The molecule has 0 aliphatic heterocycles. The van der Waals surface area contributed by atoms with Crippen molar-refractivity contribution in [1.29, 1.82) is 0 Å². The molecule has 2 rings (SSSR count). The first kappa shape index (κ1) is 19.8. The second-order valence-electron chi connectivity index (χ2n) is 5.89. The minimum absolute atomic E-state index is 0.265. The van der Waals surface area contributed by atoms with E-state index < -0.39 is 5.97 Å². The number of ether oxygens (including phenoxy) is 2. The molecule has 1 amide bonds. The smallest absolute Gasteiger partial charge is 0.344 e. The molecule has 138 valence electrons. The van der Waals surface area contributed by atoms with E-state index in [1.807, 2.05) is 38.1 Å². The lowest BCUT2D eigenvalue weighted by molar-refractivity contribution is -0.150. The Morgan fingerprint density at radius 1 is 1.04 bits per heavy atom. The quantitative estimate of drug-likeness (QED) is 0.719. The molecule has 2 aromatic carbocycles. The summed E-state index contributed by atoms with van der Waals surface area (Å²) < 4.78 is 10.3. The zero-order valence-electron chi connectivity index (χ0n) is 14.9. The first-order valence-electron chi connectivity index (χ1n) is 8.31. The highest BCUT2D eigenvalue weighted by molar-refractivity contribution is 6.30. The third-order valence-corrected chi connectivity index (χ3v) is 4.06. The predicted octanol–water partition coefficient (Wildman–Crippen LogP) is 3.24. The van der Waals surface area contributed by atoms with Crippen molar-refractivity contribution in [3.8, 4) is 5.75 Å². The fourth-order valence-electron chi connectivity index (χ4n) is 2.38. The number of halogens is 1. The van der Waals surface area contributed by atoms with Gasteiger partial charge < -0.3 is 14.8 Å². The molecule has 0 saturated carbocycles. The topological polar surface area (TPSA) is 64.6 Å². The Morgan fingerprint density at radius 3 is 2.54 bits per heavy atom. The maximum absolute atomic E-state index is 11.7. The van der Waals surface area contributed by atoms with Crippen molar-refractivity contribution < 1.29 is 19.1 Å². The van der Waals surface area contributed by atoms with Crippen molar-refractivity contribution in [2.24, 2.45) is 0 Å². The van der Waals surface area contributed by atoms with Gasteiger partial charge in [0.15, 0.2) is 13.2 Å². The Hall–Kier alpha value is -2.53. The summed E-state index contributed by atoms with van der Waals surface area (Å²) in [5.74, 6) is -0.392. The zero-order valence-corrected chi connectivity index (χ0v) is 15.6. The lowest BCUT2D eigenvalue weighted by Gasteiger charge is -2.10. The van der Waals surface area contributed by atoms with E-state index in [0.29, 0.717) is 17.3 Å². The molecule has 0 bridgehead atoms. The van der Waals surface area contributed by atoms with E-state index in [-0.39, 0.29) is 19.1 Å². The number of rotatable bonds is 8. The highest BCUT2D eigenvalue weighted by Crippen LogP contribution is 2.21. The van der Waals surface area contributed by atoms with Crippen LogP contribution >= 0.6 is 11.6 Å². The SMILES string of the molecule is Cc1ccccc1CCNC(=O)COC(=O)COc1ccc(Cl)cc1C. The van der Waals surface area contributed by atoms with Crippen LogP contribution in [0.4, 0.5) is 0 Å². The molecule has 2 aromatic rings. The van der Waals surface area contributed by atoms with Crippen LogP contribution in [0, 0.1) is 13.8 Å². The Balaban J connectivity index is 1.65. The standard InChI is InChI=1S/C20H22ClNO4/c1-14-5-3-4-6-16(14)9-10-22-19(23)12-26-20(24)13-25-18-8-7-17(21)11-15(18)2/h3-8,11H,9-10,12-13H2,1-2H3,(H,22,23). The zero-order chi connectivity index (χ0) is 18.9. The molecule has 0 aliphatic rings. The summed E-state index contributed by atoms with van der Waals surface area (Å²) in [5, 5.41) is 3.33. The van der Waals surface area contributed by atoms with Crippen LogP contribution in [0.2, 0.25) is 5.02 Å². The van der Waals surface area contributed by atoms with Gasteiger partial charge in [0.1, 0.15) is 5.75 Å². The lowest BCUT2D eigenvalue weighted by atomic mass is 10.1. The van der Waals surface area contributed by atoms with Gasteiger partial charge in [0.2, 0.25) is 0 Å². The van der Waals surface area contributed by atoms with Crippen molar-refractivity contribution in [1.82, 2.24) is 5.32 Å². The third kappa shape index (κ3) is 6.41. The summed E-state index contributed by atoms with van der Waals surface area (Å²) in [4.78, 5) is 23.4. The van der Waals surface area contributed by atoms with E-state index in [2.05, 4.69) is 5.32 Å². The van der Waals surface area contributed by atoms with Gasteiger partial charge in [-0.25, -0.2) is 4.79 Å². The monoisotopic (exact) mass is 375 g/mol. The molecule has 0 fully saturated rings. The first-order valence-corrected chi connectivity index (χ1v) is 8.69. The van der Waals surface area contributed by atoms with Gasteiger partial charge in [-0.15, -0.1) is 0 Å². The summed E-state index contributed by atoms with van der Waals surface area (Å²) in [7, 11) is 0. The average Bonchev–Trinajstić information content (AvgIpc) is 2.61. The second-order valence-corrected chi connectivity index (χ2v) is 6.32. The maximum Gasteiger partial charge on any atom is 0.344 e. The summed E-state index contributed by atoms with van der Waals surface area (Å²) >= 11 is 5.86. The molecular formula is C20H22ClNO4. The van der Waals surface area contributed by atoms with E-state index >= 15 is 0 Å². The number of carbonyl (C=O) groups is 2. The molecule has 0 aromatic heterocycles. The van der Waals surface area contributed by atoms with Crippen molar-refractivity contribution in [2.45, 2.75) is 20.3 Å².